The molecule has 0 saturated heterocycles. The molecule has 14 heavy (non-hydrogen) atoms. The molecule has 0 bridgehead atoms. The van der Waals surface area contributed by atoms with E-state index >= 15 is 0 Å². The Morgan fingerprint density at radius 3 is 2.36 bits per heavy atom. The van der Waals surface area contributed by atoms with E-state index in [1.165, 1.54) is 0 Å². The highest BCUT2D eigenvalue weighted by molar-refractivity contribution is 5.45. The van der Waals surface area contributed by atoms with Gasteiger partial charge in [-0.05, 0) is 38.0 Å². The van der Waals surface area contributed by atoms with E-state index in [0.717, 1.165) is 35.5 Å². The van der Waals surface area contributed by atoms with E-state index in [4.69, 9.17) is 10.00 Å². The Labute approximate surface area is 85.2 Å². The Morgan fingerprint density at radius 2 is 1.93 bits per heavy atom. The highest BCUT2D eigenvalue weighted by atomic mass is 16.5. The van der Waals surface area contributed by atoms with Crippen LogP contribution in [0.4, 0.5) is 0 Å². The summed E-state index contributed by atoms with van der Waals surface area (Å²) in [5.74, 6) is 1.70. The van der Waals surface area contributed by atoms with Crippen molar-refractivity contribution in [2.45, 2.75) is 33.6 Å². The topological polar surface area (TPSA) is 33.0 Å². The van der Waals surface area contributed by atoms with Gasteiger partial charge in [0, 0.05) is 5.57 Å². The summed E-state index contributed by atoms with van der Waals surface area (Å²) in [4.78, 5) is 0. The molecule has 1 aliphatic heterocycles. The van der Waals surface area contributed by atoms with Crippen molar-refractivity contribution in [2.24, 2.45) is 0 Å². The quantitative estimate of drug-likeness (QED) is 0.623. The zero-order chi connectivity index (χ0) is 10.6. The second-order valence-electron chi connectivity index (χ2n) is 3.41. The van der Waals surface area contributed by atoms with Crippen LogP contribution in [0.25, 0.3) is 0 Å². The van der Waals surface area contributed by atoms with Crippen molar-refractivity contribution >= 4 is 0 Å². The summed E-state index contributed by atoms with van der Waals surface area (Å²) in [5, 5.41) is 8.97. The maximum Gasteiger partial charge on any atom is 0.101 e. The minimum absolute atomic E-state index is 0.833. The van der Waals surface area contributed by atoms with E-state index in [1.807, 2.05) is 26.0 Å². The van der Waals surface area contributed by atoms with E-state index in [-0.39, 0.29) is 0 Å². The van der Waals surface area contributed by atoms with Gasteiger partial charge in [-0.2, -0.15) is 5.26 Å². The fraction of sp³-hybridized carbons (Fsp3) is 0.417. The third-order valence-electron chi connectivity index (χ3n) is 2.02. The monoisotopic (exact) mass is 189 g/mol. The number of nitriles is 1. The Kier molecular flexibility index (Phi) is 3.53. The summed E-state index contributed by atoms with van der Waals surface area (Å²) >= 11 is 0. The molecule has 2 nitrogen and oxygen atoms in total. The van der Waals surface area contributed by atoms with Crippen LogP contribution in [-0.4, -0.2) is 0 Å². The summed E-state index contributed by atoms with van der Waals surface area (Å²) in [6.07, 6.45) is 5.66. The number of hydrogen-bond donors (Lipinski definition) is 0. The van der Waals surface area contributed by atoms with Crippen molar-refractivity contribution in [1.29, 1.82) is 5.26 Å². The zero-order valence-electron chi connectivity index (χ0n) is 8.92. The number of nitrogens with zero attached hydrogens (tertiary/aromatic N) is 1. The van der Waals surface area contributed by atoms with Gasteiger partial charge >= 0.3 is 0 Å². The van der Waals surface area contributed by atoms with Crippen LogP contribution in [-0.2, 0) is 4.74 Å². The molecule has 0 atom stereocenters. The van der Waals surface area contributed by atoms with E-state index in [2.05, 4.69) is 13.0 Å². The standard InChI is InChI=1S/C12H15NO/c1-4-5-11(8-13)12-6-9(2)14-10(3)7-12/h6-7H,4-5H2,1-3H3. The van der Waals surface area contributed by atoms with Crippen LogP contribution in [0.5, 0.6) is 0 Å². The first kappa shape index (κ1) is 10.6. The van der Waals surface area contributed by atoms with Gasteiger partial charge in [0.1, 0.15) is 11.5 Å². The largest absolute Gasteiger partial charge is 0.467 e. The van der Waals surface area contributed by atoms with Gasteiger partial charge in [-0.25, -0.2) is 0 Å². The molecule has 0 radical (unpaired) electrons. The molecular formula is C12H15NO. The lowest BCUT2D eigenvalue weighted by Gasteiger charge is -2.13. The molecule has 2 heteroatoms. The lowest BCUT2D eigenvalue weighted by molar-refractivity contribution is 0.304. The van der Waals surface area contributed by atoms with E-state index < -0.39 is 0 Å². The van der Waals surface area contributed by atoms with Gasteiger partial charge in [0.25, 0.3) is 0 Å². The third-order valence-corrected chi connectivity index (χ3v) is 2.02. The van der Waals surface area contributed by atoms with Gasteiger partial charge in [0.2, 0.25) is 0 Å². The van der Waals surface area contributed by atoms with Crippen LogP contribution in [0.15, 0.2) is 34.8 Å². The second-order valence-corrected chi connectivity index (χ2v) is 3.41. The van der Waals surface area contributed by atoms with Crippen LogP contribution in [0.3, 0.4) is 0 Å². The van der Waals surface area contributed by atoms with Crippen LogP contribution in [0.1, 0.15) is 33.6 Å². The molecule has 0 saturated carbocycles. The highest BCUT2D eigenvalue weighted by Crippen LogP contribution is 2.22. The summed E-state index contributed by atoms with van der Waals surface area (Å²) in [6, 6.07) is 2.25. The first-order chi connectivity index (χ1) is 6.67. The lowest BCUT2D eigenvalue weighted by atomic mass is 10.0. The average Bonchev–Trinajstić information content (AvgIpc) is 2.12. The third kappa shape index (κ3) is 2.50. The maximum absolute atomic E-state index is 8.97. The molecule has 0 unspecified atom stereocenters. The summed E-state index contributed by atoms with van der Waals surface area (Å²) < 4.78 is 5.37. The molecule has 74 valence electrons. The summed E-state index contributed by atoms with van der Waals surface area (Å²) in [5.41, 5.74) is 1.84. The predicted octanol–water partition coefficient (Wildman–Crippen LogP) is 3.44. The Bertz CT molecular complexity index is 333. The van der Waals surface area contributed by atoms with Crippen molar-refractivity contribution < 1.29 is 4.74 Å². The first-order valence-electron chi connectivity index (χ1n) is 4.85. The van der Waals surface area contributed by atoms with Crippen LogP contribution in [0.2, 0.25) is 0 Å². The fourth-order valence-corrected chi connectivity index (χ4v) is 1.48. The van der Waals surface area contributed by atoms with Crippen LogP contribution in [0, 0.1) is 11.3 Å². The smallest absolute Gasteiger partial charge is 0.101 e. The number of allylic oxidation sites excluding steroid dienone is 6. The Balaban J connectivity index is 3.05. The minimum Gasteiger partial charge on any atom is -0.467 e. The van der Waals surface area contributed by atoms with E-state index in [1.54, 1.807) is 0 Å². The first-order valence-corrected chi connectivity index (χ1v) is 4.85. The van der Waals surface area contributed by atoms with Gasteiger partial charge in [-0.3, -0.25) is 0 Å². The highest BCUT2D eigenvalue weighted by Gasteiger charge is 2.08. The normalized spacial score (nSPS) is 15.1. The minimum atomic E-state index is 0.833. The molecule has 0 aliphatic carbocycles. The summed E-state index contributed by atoms with van der Waals surface area (Å²) in [7, 11) is 0. The van der Waals surface area contributed by atoms with Crippen molar-refractivity contribution in [3.8, 4) is 6.07 Å². The van der Waals surface area contributed by atoms with E-state index in [0.29, 0.717) is 0 Å². The van der Waals surface area contributed by atoms with Crippen LogP contribution < -0.4 is 0 Å². The molecule has 0 aromatic heterocycles. The Morgan fingerprint density at radius 1 is 1.36 bits per heavy atom. The molecule has 0 spiro atoms. The molecule has 0 N–H and O–H groups in total. The Hall–Kier alpha value is -1.49. The maximum atomic E-state index is 8.97. The predicted molar refractivity (Wildman–Crippen MR) is 56.1 cm³/mol. The summed E-state index contributed by atoms with van der Waals surface area (Å²) in [6.45, 7) is 5.87. The number of ether oxygens (including phenoxy) is 1. The molecular weight excluding hydrogens is 174 g/mol. The van der Waals surface area contributed by atoms with Crippen molar-refractivity contribution in [2.75, 3.05) is 0 Å². The van der Waals surface area contributed by atoms with Gasteiger partial charge < -0.3 is 4.74 Å². The zero-order valence-corrected chi connectivity index (χ0v) is 8.92. The van der Waals surface area contributed by atoms with Crippen LogP contribution >= 0.6 is 0 Å². The van der Waals surface area contributed by atoms with Crippen molar-refractivity contribution in [3.05, 3.63) is 34.8 Å². The SMILES string of the molecule is CCCC(C#N)=C1C=C(C)OC(C)=C1. The number of rotatable bonds is 2. The molecule has 0 fully saturated rings. The van der Waals surface area contributed by atoms with E-state index in [9.17, 15) is 0 Å². The molecule has 1 rings (SSSR count). The van der Waals surface area contributed by atoms with Gasteiger partial charge in [-0.15, -0.1) is 0 Å². The van der Waals surface area contributed by atoms with Crippen molar-refractivity contribution in [1.82, 2.24) is 0 Å². The number of hydrogen-bond acceptors (Lipinski definition) is 2. The average molecular weight is 189 g/mol. The van der Waals surface area contributed by atoms with Gasteiger partial charge in [0.15, 0.2) is 0 Å². The lowest BCUT2D eigenvalue weighted by Crippen LogP contribution is -1.96. The second kappa shape index (κ2) is 4.66. The molecule has 1 aliphatic rings. The van der Waals surface area contributed by atoms with Gasteiger partial charge in [0.05, 0.1) is 6.07 Å². The fourth-order valence-electron chi connectivity index (χ4n) is 1.48. The molecule has 0 amide bonds. The molecule has 1 heterocycles. The molecule has 0 aromatic rings. The van der Waals surface area contributed by atoms with Crippen molar-refractivity contribution in [3.63, 3.8) is 0 Å². The van der Waals surface area contributed by atoms with Gasteiger partial charge in [-0.1, -0.05) is 13.3 Å². The molecule has 0 aromatic carbocycles.